The lowest BCUT2D eigenvalue weighted by Gasteiger charge is -2.30. The molecule has 1 aromatic carbocycles. The lowest BCUT2D eigenvalue weighted by Crippen LogP contribution is -2.28. The molecule has 0 aliphatic carbocycles. The van der Waals surface area contributed by atoms with E-state index >= 15 is 0 Å². The molecule has 2 rings (SSSR count). The van der Waals surface area contributed by atoms with Gasteiger partial charge in [0.05, 0.1) is 5.54 Å². The first-order valence-corrected chi connectivity index (χ1v) is 7.34. The maximum absolute atomic E-state index is 11.5. The van der Waals surface area contributed by atoms with Crippen molar-refractivity contribution in [3.8, 4) is 11.8 Å². The Morgan fingerprint density at radius 2 is 2.35 bits per heavy atom. The summed E-state index contributed by atoms with van der Waals surface area (Å²) in [4.78, 5) is 16.1. The number of amidine groups is 1. The first-order chi connectivity index (χ1) is 9.53. The third-order valence-electron chi connectivity index (χ3n) is 3.18. The fraction of sp³-hybridized carbons (Fsp3) is 0.333. The van der Waals surface area contributed by atoms with Gasteiger partial charge in [-0.25, -0.2) is 0 Å². The van der Waals surface area contributed by atoms with Crippen molar-refractivity contribution < 1.29 is 4.79 Å². The molecule has 0 spiro atoms. The van der Waals surface area contributed by atoms with Crippen LogP contribution in [0.4, 0.5) is 5.69 Å². The van der Waals surface area contributed by atoms with Crippen LogP contribution in [0.25, 0.3) is 0 Å². The van der Waals surface area contributed by atoms with Crippen LogP contribution in [0.1, 0.15) is 25.8 Å². The highest BCUT2D eigenvalue weighted by atomic mass is 32.2. The van der Waals surface area contributed by atoms with E-state index in [2.05, 4.69) is 29.1 Å². The molecule has 5 heteroatoms. The van der Waals surface area contributed by atoms with Gasteiger partial charge in [0, 0.05) is 11.4 Å². The molecule has 0 bridgehead atoms. The number of nitrogens with zero attached hydrogens (tertiary/aromatic N) is 1. The highest BCUT2D eigenvalue weighted by Crippen LogP contribution is 2.35. The molecular formula is C15H17N3OS. The topological polar surface area (TPSA) is 67.5 Å². The van der Waals surface area contributed by atoms with E-state index in [0.717, 1.165) is 23.4 Å². The standard InChI is InChI=1S/C15H17N3OS/c1-3-5-13(19)17-12-7-4-6-11(10-12)15(2)8-9-20-14(16)18-15/h4,6-7,10H,8-9H2,1-2H3,(H2,16,18)(H,17,19)/t15-/m0/s1. The van der Waals surface area contributed by atoms with Gasteiger partial charge in [0.15, 0.2) is 5.17 Å². The molecule has 3 N–H and O–H groups in total. The van der Waals surface area contributed by atoms with Gasteiger partial charge in [0.1, 0.15) is 0 Å². The quantitative estimate of drug-likeness (QED) is 0.820. The predicted molar refractivity (Wildman–Crippen MR) is 84.6 cm³/mol. The summed E-state index contributed by atoms with van der Waals surface area (Å²) in [5, 5.41) is 3.37. The molecule has 1 aromatic rings. The van der Waals surface area contributed by atoms with Gasteiger partial charge >= 0.3 is 0 Å². The Bertz CT molecular complexity index is 615. The summed E-state index contributed by atoms with van der Waals surface area (Å²) in [6.07, 6.45) is 0.921. The van der Waals surface area contributed by atoms with Gasteiger partial charge in [-0.15, -0.1) is 0 Å². The van der Waals surface area contributed by atoms with Crippen molar-refractivity contribution in [2.75, 3.05) is 11.1 Å². The Hall–Kier alpha value is -1.93. The first kappa shape index (κ1) is 14.5. The number of aliphatic imine (C=N–C) groups is 1. The minimum atomic E-state index is -0.327. The van der Waals surface area contributed by atoms with Crippen molar-refractivity contribution in [1.82, 2.24) is 0 Å². The van der Waals surface area contributed by atoms with Crippen LogP contribution in [0.2, 0.25) is 0 Å². The second-order valence-corrected chi connectivity index (χ2v) is 5.85. The number of nitrogens with one attached hydrogen (secondary N) is 1. The van der Waals surface area contributed by atoms with Crippen LogP contribution in [0, 0.1) is 11.8 Å². The number of hydrogen-bond donors (Lipinski definition) is 2. The van der Waals surface area contributed by atoms with Crippen LogP contribution in [0.3, 0.4) is 0 Å². The molecule has 1 amide bonds. The summed E-state index contributed by atoms with van der Waals surface area (Å²) in [5.74, 6) is 5.67. The maximum Gasteiger partial charge on any atom is 0.300 e. The van der Waals surface area contributed by atoms with Crippen LogP contribution in [-0.2, 0) is 10.3 Å². The molecule has 1 aliphatic rings. The molecule has 4 nitrogen and oxygen atoms in total. The second-order valence-electron chi connectivity index (χ2n) is 4.73. The Labute approximate surface area is 123 Å². The van der Waals surface area contributed by atoms with E-state index in [1.54, 1.807) is 18.7 Å². The molecule has 0 fully saturated rings. The summed E-state index contributed by atoms with van der Waals surface area (Å²) in [6.45, 7) is 3.70. The van der Waals surface area contributed by atoms with Gasteiger partial charge in [-0.3, -0.25) is 9.79 Å². The van der Waals surface area contributed by atoms with E-state index in [4.69, 9.17) is 5.73 Å². The van der Waals surface area contributed by atoms with Crippen molar-refractivity contribution >= 4 is 28.5 Å². The molecular weight excluding hydrogens is 270 g/mol. The minimum Gasteiger partial charge on any atom is -0.379 e. The Kier molecular flexibility index (Phi) is 4.35. The van der Waals surface area contributed by atoms with E-state index in [-0.39, 0.29) is 11.4 Å². The fourth-order valence-electron chi connectivity index (χ4n) is 2.10. The summed E-state index contributed by atoms with van der Waals surface area (Å²) in [5.41, 5.74) is 7.27. The molecule has 0 saturated heterocycles. The maximum atomic E-state index is 11.5. The summed E-state index contributed by atoms with van der Waals surface area (Å²) in [6, 6.07) is 7.69. The zero-order valence-corrected chi connectivity index (χ0v) is 12.4. The lowest BCUT2D eigenvalue weighted by molar-refractivity contribution is -0.111. The summed E-state index contributed by atoms with van der Waals surface area (Å²) >= 11 is 1.58. The van der Waals surface area contributed by atoms with Crippen LogP contribution < -0.4 is 11.1 Å². The Morgan fingerprint density at radius 3 is 3.05 bits per heavy atom. The number of carbonyl (C=O) groups is 1. The van der Waals surface area contributed by atoms with Crippen molar-refractivity contribution in [1.29, 1.82) is 0 Å². The van der Waals surface area contributed by atoms with Gasteiger partial charge in [0.2, 0.25) is 0 Å². The van der Waals surface area contributed by atoms with Crippen LogP contribution in [-0.4, -0.2) is 16.8 Å². The van der Waals surface area contributed by atoms with E-state index in [1.807, 2.05) is 24.3 Å². The highest BCUT2D eigenvalue weighted by Gasteiger charge is 2.29. The minimum absolute atomic E-state index is 0.308. The number of hydrogen-bond acceptors (Lipinski definition) is 4. The number of carbonyl (C=O) groups excluding carboxylic acids is 1. The summed E-state index contributed by atoms with van der Waals surface area (Å²) in [7, 11) is 0. The van der Waals surface area contributed by atoms with Gasteiger partial charge < -0.3 is 11.1 Å². The molecule has 0 unspecified atom stereocenters. The molecule has 1 atom stereocenters. The molecule has 1 aliphatic heterocycles. The van der Waals surface area contributed by atoms with Crippen LogP contribution >= 0.6 is 11.8 Å². The molecule has 20 heavy (non-hydrogen) atoms. The molecule has 0 radical (unpaired) electrons. The third kappa shape index (κ3) is 3.34. The van der Waals surface area contributed by atoms with E-state index in [9.17, 15) is 4.79 Å². The zero-order valence-electron chi connectivity index (χ0n) is 11.6. The Morgan fingerprint density at radius 1 is 1.55 bits per heavy atom. The second kappa shape index (κ2) is 6.02. The average Bonchev–Trinajstić information content (AvgIpc) is 2.39. The molecule has 1 heterocycles. The molecule has 0 saturated carbocycles. The van der Waals surface area contributed by atoms with Crippen LogP contribution in [0.15, 0.2) is 29.3 Å². The van der Waals surface area contributed by atoms with E-state index in [0.29, 0.717) is 5.17 Å². The van der Waals surface area contributed by atoms with Gasteiger partial charge in [-0.2, -0.15) is 0 Å². The molecule has 104 valence electrons. The monoisotopic (exact) mass is 287 g/mol. The van der Waals surface area contributed by atoms with E-state index in [1.165, 1.54) is 0 Å². The zero-order chi connectivity index (χ0) is 14.6. The Balaban J connectivity index is 2.27. The predicted octanol–water partition coefficient (Wildman–Crippen LogP) is 2.32. The number of rotatable bonds is 2. The van der Waals surface area contributed by atoms with Crippen molar-refractivity contribution in [3.63, 3.8) is 0 Å². The number of benzene rings is 1. The first-order valence-electron chi connectivity index (χ1n) is 6.36. The smallest absolute Gasteiger partial charge is 0.300 e. The number of thioether (sulfide) groups is 1. The van der Waals surface area contributed by atoms with Gasteiger partial charge in [-0.1, -0.05) is 29.8 Å². The fourth-order valence-corrected chi connectivity index (χ4v) is 3.08. The summed E-state index contributed by atoms with van der Waals surface area (Å²) < 4.78 is 0. The SMILES string of the molecule is CC#CC(=O)Nc1cccc([C@]2(C)CCSC(N)=N2)c1. The number of amides is 1. The van der Waals surface area contributed by atoms with Gasteiger partial charge in [0.25, 0.3) is 5.91 Å². The number of anilines is 1. The van der Waals surface area contributed by atoms with Crippen molar-refractivity contribution in [2.45, 2.75) is 25.8 Å². The van der Waals surface area contributed by atoms with E-state index < -0.39 is 0 Å². The van der Waals surface area contributed by atoms with Crippen LogP contribution in [0.5, 0.6) is 0 Å². The normalized spacial score (nSPS) is 21.4. The van der Waals surface area contributed by atoms with Crippen molar-refractivity contribution in [2.24, 2.45) is 10.7 Å². The lowest BCUT2D eigenvalue weighted by atomic mass is 9.89. The van der Waals surface area contributed by atoms with Gasteiger partial charge in [-0.05, 0) is 43.9 Å². The molecule has 0 aromatic heterocycles. The third-order valence-corrected chi connectivity index (χ3v) is 3.97. The highest BCUT2D eigenvalue weighted by molar-refractivity contribution is 8.13. The van der Waals surface area contributed by atoms with Crippen molar-refractivity contribution in [3.05, 3.63) is 29.8 Å². The average molecular weight is 287 g/mol. The largest absolute Gasteiger partial charge is 0.379 e. The number of nitrogens with two attached hydrogens (primary N) is 1.